The molecule has 1 saturated heterocycles. The third-order valence-electron chi connectivity index (χ3n) is 6.54. The van der Waals surface area contributed by atoms with E-state index in [-0.39, 0.29) is 17.7 Å². The predicted octanol–water partition coefficient (Wildman–Crippen LogP) is 2.40. The van der Waals surface area contributed by atoms with E-state index in [1.54, 1.807) is 55.6 Å². The number of benzene rings is 3. The van der Waals surface area contributed by atoms with Gasteiger partial charge in [0.25, 0.3) is 11.8 Å². The number of carbonyl (C=O) groups is 2. The second-order valence-electron chi connectivity index (χ2n) is 8.79. The predicted molar refractivity (Wildman–Crippen MR) is 131 cm³/mol. The maximum absolute atomic E-state index is 13.5. The number of aliphatic hydroxyl groups excluding tert-OH is 2. The molecule has 192 valence electrons. The Morgan fingerprint density at radius 3 is 2.05 bits per heavy atom. The minimum Gasteiger partial charge on any atom is -0.497 e. The lowest BCUT2D eigenvalue weighted by Gasteiger charge is -2.46. The smallest absolute Gasteiger partial charge is 0.262 e. The quantitative estimate of drug-likeness (QED) is 0.449. The first-order valence-corrected chi connectivity index (χ1v) is 11.9. The topological polar surface area (TPSA) is 115 Å². The number of amides is 2. The SMILES string of the molecule is COc1ccc(O[C@@H]2O[C@H](CO)[C@@H](O)[C@H](OCc3ccccc3)[C@H]2N2C(=O)c3ccccc3C2=O)cc1. The van der Waals surface area contributed by atoms with E-state index in [4.69, 9.17) is 18.9 Å². The molecule has 0 bridgehead atoms. The second kappa shape index (κ2) is 10.7. The van der Waals surface area contributed by atoms with Gasteiger partial charge in [0.1, 0.15) is 35.9 Å². The molecule has 0 aliphatic carbocycles. The third-order valence-corrected chi connectivity index (χ3v) is 6.54. The van der Waals surface area contributed by atoms with Gasteiger partial charge in [-0.25, -0.2) is 0 Å². The van der Waals surface area contributed by atoms with Gasteiger partial charge in [0, 0.05) is 0 Å². The molecule has 2 aliphatic heterocycles. The first kappa shape index (κ1) is 24.9. The number of carbonyl (C=O) groups excluding carboxylic acids is 2. The molecule has 2 amide bonds. The normalized spacial score (nSPS) is 25.2. The van der Waals surface area contributed by atoms with E-state index in [0.717, 1.165) is 10.5 Å². The Kier molecular flexibility index (Phi) is 7.20. The van der Waals surface area contributed by atoms with Gasteiger partial charge in [0.05, 0.1) is 31.5 Å². The molecule has 0 spiro atoms. The van der Waals surface area contributed by atoms with Gasteiger partial charge in [0.2, 0.25) is 6.29 Å². The first-order valence-electron chi connectivity index (χ1n) is 11.9. The molecule has 0 saturated carbocycles. The summed E-state index contributed by atoms with van der Waals surface area (Å²) in [6.07, 6.45) is -4.78. The van der Waals surface area contributed by atoms with Crippen molar-refractivity contribution in [1.82, 2.24) is 4.90 Å². The van der Waals surface area contributed by atoms with Crippen molar-refractivity contribution < 1.29 is 38.7 Å². The zero-order valence-electron chi connectivity index (χ0n) is 20.1. The number of imide groups is 1. The standard InChI is InChI=1S/C28H27NO8/c1-34-18-11-13-19(14-12-18)36-28-23(29-26(32)20-9-5-6-10-21(20)27(29)33)25(24(31)22(15-30)37-28)35-16-17-7-3-2-4-8-17/h2-14,22-25,28,30-31H,15-16H2,1H3/t22-,23-,24-,25-,28-/m1/s1. The Balaban J connectivity index is 1.52. The fourth-order valence-corrected chi connectivity index (χ4v) is 4.65. The van der Waals surface area contributed by atoms with Gasteiger partial charge in [-0.2, -0.15) is 0 Å². The molecule has 0 unspecified atom stereocenters. The van der Waals surface area contributed by atoms with Crippen molar-refractivity contribution in [2.45, 2.75) is 37.3 Å². The highest BCUT2D eigenvalue weighted by Crippen LogP contribution is 2.35. The van der Waals surface area contributed by atoms with E-state index in [1.165, 1.54) is 0 Å². The van der Waals surface area contributed by atoms with Crippen LogP contribution in [0, 0.1) is 0 Å². The summed E-state index contributed by atoms with van der Waals surface area (Å²) in [6, 6.07) is 21.3. The van der Waals surface area contributed by atoms with Gasteiger partial charge in [-0.3, -0.25) is 14.5 Å². The number of nitrogens with zero attached hydrogens (tertiary/aromatic N) is 1. The number of aliphatic hydroxyl groups is 2. The van der Waals surface area contributed by atoms with Crippen LogP contribution in [0.4, 0.5) is 0 Å². The molecule has 3 aromatic carbocycles. The van der Waals surface area contributed by atoms with Crippen molar-refractivity contribution in [3.8, 4) is 11.5 Å². The van der Waals surface area contributed by atoms with Gasteiger partial charge < -0.3 is 29.2 Å². The van der Waals surface area contributed by atoms with Crippen LogP contribution < -0.4 is 9.47 Å². The molecule has 2 heterocycles. The van der Waals surface area contributed by atoms with Gasteiger partial charge in [-0.1, -0.05) is 42.5 Å². The molecular formula is C28H27NO8. The van der Waals surface area contributed by atoms with Crippen LogP contribution in [0.5, 0.6) is 11.5 Å². The molecule has 9 nitrogen and oxygen atoms in total. The maximum Gasteiger partial charge on any atom is 0.262 e. The van der Waals surface area contributed by atoms with E-state index in [1.807, 2.05) is 30.3 Å². The monoisotopic (exact) mass is 505 g/mol. The molecule has 9 heteroatoms. The van der Waals surface area contributed by atoms with Gasteiger partial charge in [-0.05, 0) is 42.0 Å². The third kappa shape index (κ3) is 4.82. The van der Waals surface area contributed by atoms with Crippen LogP contribution in [0.25, 0.3) is 0 Å². The molecule has 5 atom stereocenters. The summed E-state index contributed by atoms with van der Waals surface area (Å²) in [5.74, 6) is -0.0928. The molecule has 2 N–H and O–H groups in total. The average molecular weight is 506 g/mol. The summed E-state index contributed by atoms with van der Waals surface area (Å²) >= 11 is 0. The zero-order valence-corrected chi connectivity index (χ0v) is 20.1. The Morgan fingerprint density at radius 1 is 0.865 bits per heavy atom. The molecular weight excluding hydrogens is 478 g/mol. The largest absolute Gasteiger partial charge is 0.497 e. The van der Waals surface area contributed by atoms with Crippen molar-refractivity contribution in [3.63, 3.8) is 0 Å². The summed E-state index contributed by atoms with van der Waals surface area (Å²) in [5, 5.41) is 21.1. The summed E-state index contributed by atoms with van der Waals surface area (Å²) in [7, 11) is 1.54. The molecule has 1 fully saturated rings. The van der Waals surface area contributed by atoms with Crippen LogP contribution in [-0.2, 0) is 16.1 Å². The van der Waals surface area contributed by atoms with Crippen LogP contribution in [-0.4, -0.2) is 71.3 Å². The van der Waals surface area contributed by atoms with E-state index in [2.05, 4.69) is 0 Å². The first-order chi connectivity index (χ1) is 18.0. The Morgan fingerprint density at radius 2 is 1.46 bits per heavy atom. The highest BCUT2D eigenvalue weighted by atomic mass is 16.7. The molecule has 2 aliphatic rings. The number of hydrogen-bond donors (Lipinski definition) is 2. The second-order valence-corrected chi connectivity index (χ2v) is 8.79. The highest BCUT2D eigenvalue weighted by molar-refractivity contribution is 6.21. The number of hydrogen-bond acceptors (Lipinski definition) is 8. The Bertz CT molecular complexity index is 1210. The van der Waals surface area contributed by atoms with Crippen molar-refractivity contribution >= 4 is 11.8 Å². The highest BCUT2D eigenvalue weighted by Gasteiger charge is 2.55. The van der Waals surface area contributed by atoms with Crippen molar-refractivity contribution in [1.29, 1.82) is 0 Å². The molecule has 37 heavy (non-hydrogen) atoms. The van der Waals surface area contributed by atoms with Crippen LogP contribution in [0.2, 0.25) is 0 Å². The Hall–Kier alpha value is -3.76. The lowest BCUT2D eigenvalue weighted by atomic mass is 9.95. The average Bonchev–Trinajstić information content (AvgIpc) is 3.19. The number of rotatable bonds is 8. The van der Waals surface area contributed by atoms with Crippen LogP contribution in [0.15, 0.2) is 78.9 Å². The Labute approximate surface area is 213 Å². The minimum atomic E-state index is -1.35. The summed E-state index contributed by atoms with van der Waals surface area (Å²) in [5.41, 5.74) is 1.32. The van der Waals surface area contributed by atoms with Crippen molar-refractivity contribution in [2.75, 3.05) is 13.7 Å². The molecule has 3 aromatic rings. The van der Waals surface area contributed by atoms with Crippen LogP contribution >= 0.6 is 0 Å². The lowest BCUT2D eigenvalue weighted by molar-refractivity contribution is -0.264. The fourth-order valence-electron chi connectivity index (χ4n) is 4.65. The molecule has 5 rings (SSSR count). The van der Waals surface area contributed by atoms with Gasteiger partial charge in [-0.15, -0.1) is 0 Å². The summed E-state index contributed by atoms with van der Waals surface area (Å²) in [6.45, 7) is -0.431. The van der Waals surface area contributed by atoms with Crippen LogP contribution in [0.1, 0.15) is 26.3 Å². The van der Waals surface area contributed by atoms with Gasteiger partial charge >= 0.3 is 0 Å². The number of methoxy groups -OCH3 is 1. The van der Waals surface area contributed by atoms with Crippen LogP contribution in [0.3, 0.4) is 0 Å². The van der Waals surface area contributed by atoms with E-state index in [0.29, 0.717) is 11.5 Å². The van der Waals surface area contributed by atoms with Crippen molar-refractivity contribution in [3.05, 3.63) is 95.6 Å². The fraction of sp³-hybridized carbons (Fsp3) is 0.286. The van der Waals surface area contributed by atoms with Gasteiger partial charge in [0.15, 0.2) is 0 Å². The van der Waals surface area contributed by atoms with Crippen molar-refractivity contribution in [2.24, 2.45) is 0 Å². The summed E-state index contributed by atoms with van der Waals surface area (Å²) < 4.78 is 23.4. The van der Waals surface area contributed by atoms with E-state index >= 15 is 0 Å². The lowest BCUT2D eigenvalue weighted by Crippen LogP contribution is -2.67. The number of ether oxygens (including phenoxy) is 4. The molecule has 0 radical (unpaired) electrons. The summed E-state index contributed by atoms with van der Waals surface area (Å²) in [4.78, 5) is 27.9. The zero-order chi connectivity index (χ0) is 25.9. The maximum atomic E-state index is 13.5. The number of fused-ring (bicyclic) bond motifs is 1. The van der Waals surface area contributed by atoms with E-state index < -0.39 is 49.1 Å². The molecule has 0 aromatic heterocycles. The minimum absolute atomic E-state index is 0.0929. The van der Waals surface area contributed by atoms with E-state index in [9.17, 15) is 19.8 Å².